The molecule has 3 rings (SSSR count). The molecule has 0 radical (unpaired) electrons. The van der Waals surface area contributed by atoms with Crippen LogP contribution >= 0.6 is 12.4 Å². The van der Waals surface area contributed by atoms with Gasteiger partial charge in [0, 0.05) is 24.5 Å². The van der Waals surface area contributed by atoms with Crippen LogP contribution in [-0.2, 0) is 14.3 Å². The van der Waals surface area contributed by atoms with Gasteiger partial charge in [-0.25, -0.2) is 0 Å². The largest absolute Gasteiger partial charge is 0.377 e. The Bertz CT molecular complexity index is 471. The number of fused-ring (bicyclic) bond motifs is 1. The van der Waals surface area contributed by atoms with E-state index in [1.807, 2.05) is 13.8 Å². The highest BCUT2D eigenvalue weighted by molar-refractivity contribution is 5.94. The summed E-state index contributed by atoms with van der Waals surface area (Å²) in [5.41, 5.74) is 5.16. The molecule has 4 unspecified atom stereocenters. The quantitative estimate of drug-likeness (QED) is 0.680. The number of amides is 2. The first-order valence-corrected chi connectivity index (χ1v) is 7.88. The molecule has 2 amide bonds. The lowest BCUT2D eigenvalue weighted by molar-refractivity contribution is -0.225. The highest BCUT2D eigenvalue weighted by atomic mass is 35.5. The fourth-order valence-electron chi connectivity index (χ4n) is 4.22. The van der Waals surface area contributed by atoms with Crippen LogP contribution in [0.5, 0.6) is 0 Å². The molecule has 2 saturated heterocycles. The number of hydrogen-bond donors (Lipinski definition) is 3. The average molecular weight is 332 g/mol. The van der Waals surface area contributed by atoms with Gasteiger partial charge in [-0.3, -0.25) is 9.59 Å². The summed E-state index contributed by atoms with van der Waals surface area (Å²) < 4.78 is 5.81. The van der Waals surface area contributed by atoms with E-state index in [0.717, 1.165) is 25.9 Å². The Morgan fingerprint density at radius 3 is 2.77 bits per heavy atom. The molecule has 1 saturated carbocycles. The zero-order chi connectivity index (χ0) is 15.3. The van der Waals surface area contributed by atoms with E-state index in [9.17, 15) is 9.59 Å². The van der Waals surface area contributed by atoms with E-state index in [4.69, 9.17) is 10.5 Å². The maximum Gasteiger partial charge on any atom is 0.242 e. The number of carbonyl (C=O) groups is 2. The van der Waals surface area contributed by atoms with Gasteiger partial charge in [-0.2, -0.15) is 0 Å². The van der Waals surface area contributed by atoms with Crippen molar-refractivity contribution in [2.24, 2.45) is 17.1 Å². The van der Waals surface area contributed by atoms with Crippen LogP contribution in [-0.4, -0.2) is 42.7 Å². The average Bonchev–Trinajstić information content (AvgIpc) is 2.48. The Morgan fingerprint density at radius 1 is 1.36 bits per heavy atom. The van der Waals surface area contributed by atoms with E-state index < -0.39 is 17.0 Å². The molecule has 4 atom stereocenters. The zero-order valence-electron chi connectivity index (χ0n) is 13.2. The molecule has 0 aromatic rings. The Labute approximate surface area is 137 Å². The second-order valence-electron chi connectivity index (χ2n) is 7.09. The van der Waals surface area contributed by atoms with E-state index in [1.165, 1.54) is 0 Å². The summed E-state index contributed by atoms with van der Waals surface area (Å²) in [5, 5.41) is 5.65. The number of piperidine rings is 1. The van der Waals surface area contributed by atoms with Crippen molar-refractivity contribution in [2.45, 2.75) is 57.2 Å². The van der Waals surface area contributed by atoms with Crippen molar-refractivity contribution in [1.29, 1.82) is 0 Å². The number of carbonyl (C=O) groups excluding carboxylic acids is 2. The Kier molecular flexibility index (Phi) is 4.76. The van der Waals surface area contributed by atoms with Crippen molar-refractivity contribution >= 4 is 24.2 Å². The zero-order valence-corrected chi connectivity index (χ0v) is 14.0. The molecule has 0 spiro atoms. The molecule has 3 aliphatic rings. The van der Waals surface area contributed by atoms with Gasteiger partial charge in [0.25, 0.3) is 0 Å². The van der Waals surface area contributed by atoms with Gasteiger partial charge in [0.1, 0.15) is 11.6 Å². The summed E-state index contributed by atoms with van der Waals surface area (Å²) in [6.07, 6.45) is 3.45. The minimum absolute atomic E-state index is 0. The number of ether oxygens (including phenoxy) is 1. The Morgan fingerprint density at radius 2 is 2.09 bits per heavy atom. The third-order valence-electron chi connectivity index (χ3n) is 5.65. The standard InChI is InChI=1S/C15H25N3O3.ClH/c1-14(2)11-9(5-4-8-21-11)15(14,16)13(20)18-10-6-3-7-17-12(10)19;/h9-11H,3-8,16H2,1-2H3,(H,17,19)(H,18,20);1H. The van der Waals surface area contributed by atoms with Gasteiger partial charge in [0.05, 0.1) is 6.10 Å². The van der Waals surface area contributed by atoms with Gasteiger partial charge in [-0.1, -0.05) is 13.8 Å². The predicted molar refractivity (Wildman–Crippen MR) is 84.6 cm³/mol. The van der Waals surface area contributed by atoms with Crippen LogP contribution in [0.1, 0.15) is 39.5 Å². The van der Waals surface area contributed by atoms with Crippen molar-refractivity contribution in [2.75, 3.05) is 13.2 Å². The summed E-state index contributed by atoms with van der Waals surface area (Å²) in [7, 11) is 0. The molecular formula is C15H26ClN3O3. The summed E-state index contributed by atoms with van der Waals surface area (Å²) >= 11 is 0. The number of halogens is 1. The molecule has 0 bridgehead atoms. The summed E-state index contributed by atoms with van der Waals surface area (Å²) in [4.78, 5) is 24.6. The lowest BCUT2D eigenvalue weighted by atomic mass is 9.46. The second kappa shape index (κ2) is 5.98. The molecule has 4 N–H and O–H groups in total. The molecule has 7 heteroatoms. The highest BCUT2D eigenvalue weighted by Gasteiger charge is 2.70. The lowest BCUT2D eigenvalue weighted by Crippen LogP contribution is -2.83. The van der Waals surface area contributed by atoms with Crippen molar-refractivity contribution < 1.29 is 14.3 Å². The van der Waals surface area contributed by atoms with Gasteiger partial charge < -0.3 is 21.1 Å². The van der Waals surface area contributed by atoms with Crippen LogP contribution in [0.3, 0.4) is 0 Å². The minimum atomic E-state index is -0.949. The van der Waals surface area contributed by atoms with Crippen molar-refractivity contribution in [3.8, 4) is 0 Å². The van der Waals surface area contributed by atoms with Crippen molar-refractivity contribution in [3.05, 3.63) is 0 Å². The monoisotopic (exact) mass is 331 g/mol. The fourth-order valence-corrected chi connectivity index (χ4v) is 4.22. The van der Waals surface area contributed by atoms with E-state index in [-0.39, 0.29) is 36.2 Å². The molecule has 1 aliphatic carbocycles. The summed E-state index contributed by atoms with van der Waals surface area (Å²) in [5.74, 6) is -0.263. The third kappa shape index (κ3) is 2.32. The van der Waals surface area contributed by atoms with Gasteiger partial charge >= 0.3 is 0 Å². The summed E-state index contributed by atoms with van der Waals surface area (Å²) in [6, 6.07) is -0.453. The third-order valence-corrected chi connectivity index (χ3v) is 5.65. The number of nitrogens with two attached hydrogens (primary N) is 1. The molecule has 3 fully saturated rings. The molecule has 22 heavy (non-hydrogen) atoms. The van der Waals surface area contributed by atoms with Crippen molar-refractivity contribution in [3.63, 3.8) is 0 Å². The van der Waals surface area contributed by atoms with E-state index in [0.29, 0.717) is 13.0 Å². The van der Waals surface area contributed by atoms with Crippen LogP contribution < -0.4 is 16.4 Å². The van der Waals surface area contributed by atoms with Gasteiger partial charge in [0.15, 0.2) is 0 Å². The van der Waals surface area contributed by atoms with E-state index in [1.54, 1.807) is 0 Å². The van der Waals surface area contributed by atoms with E-state index in [2.05, 4.69) is 10.6 Å². The van der Waals surface area contributed by atoms with Crippen LogP contribution in [0.4, 0.5) is 0 Å². The topological polar surface area (TPSA) is 93.4 Å². The molecule has 0 aromatic carbocycles. The molecule has 0 aromatic heterocycles. The van der Waals surface area contributed by atoms with Crippen LogP contribution in [0.25, 0.3) is 0 Å². The summed E-state index contributed by atoms with van der Waals surface area (Å²) in [6.45, 7) is 5.40. The van der Waals surface area contributed by atoms with Crippen LogP contribution in [0.15, 0.2) is 0 Å². The van der Waals surface area contributed by atoms with Crippen LogP contribution in [0.2, 0.25) is 0 Å². The lowest BCUT2D eigenvalue weighted by Gasteiger charge is -2.65. The second-order valence-corrected chi connectivity index (χ2v) is 7.09. The maximum atomic E-state index is 12.8. The first-order valence-electron chi connectivity index (χ1n) is 7.88. The van der Waals surface area contributed by atoms with Gasteiger partial charge in [0.2, 0.25) is 11.8 Å². The Hall–Kier alpha value is -0.850. The SMILES string of the molecule is CC1(C)C2OCCCC2C1(N)C(=O)NC1CCCNC1=O.Cl. The first-order chi connectivity index (χ1) is 9.89. The number of nitrogens with one attached hydrogen (secondary N) is 2. The molecule has 2 aliphatic heterocycles. The number of rotatable bonds is 2. The fraction of sp³-hybridized carbons (Fsp3) is 0.867. The highest BCUT2D eigenvalue weighted by Crippen LogP contribution is 2.57. The minimum Gasteiger partial charge on any atom is -0.377 e. The van der Waals surface area contributed by atoms with Crippen LogP contribution in [0, 0.1) is 11.3 Å². The molecule has 126 valence electrons. The smallest absolute Gasteiger partial charge is 0.242 e. The van der Waals surface area contributed by atoms with Gasteiger partial charge in [-0.15, -0.1) is 12.4 Å². The Balaban J connectivity index is 0.00000176. The van der Waals surface area contributed by atoms with Gasteiger partial charge in [-0.05, 0) is 25.7 Å². The predicted octanol–water partition coefficient (Wildman–Crippen LogP) is 0.336. The maximum absolute atomic E-state index is 12.8. The van der Waals surface area contributed by atoms with Crippen molar-refractivity contribution in [1.82, 2.24) is 10.6 Å². The molecule has 2 heterocycles. The van der Waals surface area contributed by atoms with E-state index >= 15 is 0 Å². The molecular weight excluding hydrogens is 306 g/mol. The molecule has 6 nitrogen and oxygen atoms in total. The number of hydrogen-bond acceptors (Lipinski definition) is 4. The normalized spacial score (nSPS) is 39.6. The first kappa shape index (κ1) is 17.5.